The lowest BCUT2D eigenvalue weighted by Gasteiger charge is -2.17. The zero-order chi connectivity index (χ0) is 13.5. The zero-order valence-corrected chi connectivity index (χ0v) is 11.5. The number of anilines is 1. The summed E-state index contributed by atoms with van der Waals surface area (Å²) in [6, 6.07) is 1.96. The molecule has 0 saturated carbocycles. The van der Waals surface area contributed by atoms with Crippen molar-refractivity contribution < 1.29 is 14.2 Å². The highest BCUT2D eigenvalue weighted by atomic mass is 16.5. The molecule has 0 radical (unpaired) electrons. The van der Waals surface area contributed by atoms with Gasteiger partial charge in [-0.15, -0.1) is 0 Å². The Labute approximate surface area is 113 Å². The molecule has 1 aromatic rings. The molecule has 0 amide bonds. The third kappa shape index (κ3) is 4.65. The molecule has 6 heteroatoms. The maximum atomic E-state index is 5.75. The smallest absolute Gasteiger partial charge is 0.218 e. The van der Waals surface area contributed by atoms with Crippen LogP contribution in [0.3, 0.4) is 0 Å². The van der Waals surface area contributed by atoms with E-state index < -0.39 is 0 Å². The van der Waals surface area contributed by atoms with Gasteiger partial charge in [-0.2, -0.15) is 0 Å². The summed E-state index contributed by atoms with van der Waals surface area (Å²) in [5, 5.41) is 3.27. The summed E-state index contributed by atoms with van der Waals surface area (Å²) < 4.78 is 16.4. The van der Waals surface area contributed by atoms with Crippen LogP contribution in [0.4, 0.5) is 5.82 Å². The fraction of sp³-hybridized carbons (Fsp3) is 0.692. The molecule has 6 nitrogen and oxygen atoms in total. The molecule has 0 aromatic carbocycles. The van der Waals surface area contributed by atoms with Gasteiger partial charge in [-0.25, -0.2) is 9.97 Å². The average molecular weight is 267 g/mol. The molecular formula is C13H21N3O3. The molecule has 1 N–H and O–H groups in total. The SMILES string of the molecule is CCOc1cc(NC(C)COC2CCOC2)ncn1. The summed E-state index contributed by atoms with van der Waals surface area (Å²) in [6.45, 7) is 6.71. The maximum Gasteiger partial charge on any atom is 0.218 e. The van der Waals surface area contributed by atoms with Crippen LogP contribution in [0.15, 0.2) is 12.4 Å². The van der Waals surface area contributed by atoms with Crippen molar-refractivity contribution in [2.24, 2.45) is 0 Å². The highest BCUT2D eigenvalue weighted by Gasteiger charge is 2.17. The maximum absolute atomic E-state index is 5.75. The summed E-state index contributed by atoms with van der Waals surface area (Å²) in [6.07, 6.45) is 2.70. The van der Waals surface area contributed by atoms with Crippen molar-refractivity contribution >= 4 is 5.82 Å². The minimum Gasteiger partial charge on any atom is -0.478 e. The predicted molar refractivity (Wildman–Crippen MR) is 71.5 cm³/mol. The third-order valence-electron chi connectivity index (χ3n) is 2.80. The minimum atomic E-state index is 0.171. The van der Waals surface area contributed by atoms with E-state index in [1.165, 1.54) is 6.33 Å². The topological polar surface area (TPSA) is 65.5 Å². The van der Waals surface area contributed by atoms with Gasteiger partial charge in [0.15, 0.2) is 0 Å². The van der Waals surface area contributed by atoms with Crippen LogP contribution < -0.4 is 10.1 Å². The van der Waals surface area contributed by atoms with Crippen LogP contribution in [0.2, 0.25) is 0 Å². The van der Waals surface area contributed by atoms with Crippen LogP contribution in [0.5, 0.6) is 5.88 Å². The molecule has 106 valence electrons. The number of aromatic nitrogens is 2. The first kappa shape index (κ1) is 14.0. The minimum absolute atomic E-state index is 0.171. The Kier molecular flexibility index (Phi) is 5.35. The van der Waals surface area contributed by atoms with Crippen molar-refractivity contribution in [2.75, 3.05) is 31.7 Å². The molecule has 2 heterocycles. The van der Waals surface area contributed by atoms with Gasteiger partial charge in [-0.1, -0.05) is 0 Å². The van der Waals surface area contributed by atoms with E-state index in [2.05, 4.69) is 22.2 Å². The van der Waals surface area contributed by atoms with E-state index in [-0.39, 0.29) is 12.1 Å². The summed E-state index contributed by atoms with van der Waals surface area (Å²) >= 11 is 0. The quantitative estimate of drug-likeness (QED) is 0.807. The summed E-state index contributed by atoms with van der Waals surface area (Å²) in [5.74, 6) is 1.33. The van der Waals surface area contributed by atoms with Crippen LogP contribution in [0, 0.1) is 0 Å². The van der Waals surface area contributed by atoms with Gasteiger partial charge in [0, 0.05) is 18.7 Å². The first-order valence-corrected chi connectivity index (χ1v) is 6.68. The van der Waals surface area contributed by atoms with Gasteiger partial charge >= 0.3 is 0 Å². The summed E-state index contributed by atoms with van der Waals surface area (Å²) in [4.78, 5) is 8.18. The van der Waals surface area contributed by atoms with E-state index >= 15 is 0 Å². The second kappa shape index (κ2) is 7.25. The Morgan fingerprint density at radius 2 is 2.42 bits per heavy atom. The number of hydrogen-bond donors (Lipinski definition) is 1. The number of rotatable bonds is 7. The van der Waals surface area contributed by atoms with Crippen LogP contribution >= 0.6 is 0 Å². The van der Waals surface area contributed by atoms with Crippen molar-refractivity contribution in [3.8, 4) is 5.88 Å². The first-order valence-electron chi connectivity index (χ1n) is 6.68. The fourth-order valence-electron chi connectivity index (χ4n) is 1.86. The molecular weight excluding hydrogens is 246 g/mol. The van der Waals surface area contributed by atoms with E-state index in [1.807, 2.05) is 6.92 Å². The Bertz CT molecular complexity index is 383. The number of hydrogen-bond acceptors (Lipinski definition) is 6. The molecule has 1 saturated heterocycles. The molecule has 2 rings (SSSR count). The Hall–Kier alpha value is -1.40. The molecule has 0 aliphatic carbocycles. The third-order valence-corrected chi connectivity index (χ3v) is 2.80. The highest BCUT2D eigenvalue weighted by molar-refractivity contribution is 5.37. The van der Waals surface area contributed by atoms with Crippen molar-refractivity contribution in [3.63, 3.8) is 0 Å². The van der Waals surface area contributed by atoms with Gasteiger partial charge in [0.05, 0.1) is 25.9 Å². The molecule has 2 unspecified atom stereocenters. The number of nitrogens with zero attached hydrogens (tertiary/aromatic N) is 2. The summed E-state index contributed by atoms with van der Waals surface area (Å²) in [7, 11) is 0. The molecule has 0 spiro atoms. The molecule has 2 atom stereocenters. The Balaban J connectivity index is 1.77. The largest absolute Gasteiger partial charge is 0.478 e. The molecule has 1 aliphatic heterocycles. The van der Waals surface area contributed by atoms with Gasteiger partial charge in [0.2, 0.25) is 5.88 Å². The lowest BCUT2D eigenvalue weighted by Crippen LogP contribution is -2.26. The Morgan fingerprint density at radius 1 is 1.53 bits per heavy atom. The molecule has 19 heavy (non-hydrogen) atoms. The standard InChI is InChI=1S/C13H21N3O3/c1-3-18-13-6-12(14-9-15-13)16-10(2)7-19-11-4-5-17-8-11/h6,9-11H,3-5,7-8H2,1-2H3,(H,14,15,16). The van der Waals surface area contributed by atoms with Gasteiger partial charge in [0.1, 0.15) is 12.1 Å². The monoisotopic (exact) mass is 267 g/mol. The highest BCUT2D eigenvalue weighted by Crippen LogP contribution is 2.13. The van der Waals surface area contributed by atoms with Crippen molar-refractivity contribution in [2.45, 2.75) is 32.4 Å². The average Bonchev–Trinajstić information content (AvgIpc) is 2.90. The van der Waals surface area contributed by atoms with E-state index in [9.17, 15) is 0 Å². The molecule has 1 aromatic heterocycles. The van der Waals surface area contributed by atoms with E-state index in [0.29, 0.717) is 25.7 Å². The molecule has 1 fully saturated rings. The molecule has 1 aliphatic rings. The summed E-state index contributed by atoms with van der Waals surface area (Å²) in [5.41, 5.74) is 0. The lowest BCUT2D eigenvalue weighted by molar-refractivity contribution is 0.0395. The van der Waals surface area contributed by atoms with Gasteiger partial charge in [-0.05, 0) is 20.3 Å². The van der Waals surface area contributed by atoms with Gasteiger partial charge < -0.3 is 19.5 Å². The van der Waals surface area contributed by atoms with Crippen LogP contribution in [0.1, 0.15) is 20.3 Å². The second-order valence-electron chi connectivity index (χ2n) is 4.54. The zero-order valence-electron chi connectivity index (χ0n) is 11.5. The fourth-order valence-corrected chi connectivity index (χ4v) is 1.86. The molecule has 0 bridgehead atoms. The van der Waals surface area contributed by atoms with Crippen LogP contribution in [0.25, 0.3) is 0 Å². The van der Waals surface area contributed by atoms with E-state index in [0.717, 1.165) is 18.8 Å². The van der Waals surface area contributed by atoms with Gasteiger partial charge in [-0.3, -0.25) is 0 Å². The van der Waals surface area contributed by atoms with Crippen LogP contribution in [-0.2, 0) is 9.47 Å². The van der Waals surface area contributed by atoms with Crippen molar-refractivity contribution in [1.82, 2.24) is 9.97 Å². The first-order chi connectivity index (χ1) is 9.28. The Morgan fingerprint density at radius 3 is 3.16 bits per heavy atom. The van der Waals surface area contributed by atoms with Gasteiger partial charge in [0.25, 0.3) is 0 Å². The van der Waals surface area contributed by atoms with E-state index in [1.54, 1.807) is 6.07 Å². The number of ether oxygens (including phenoxy) is 3. The number of nitrogens with one attached hydrogen (secondary N) is 1. The van der Waals surface area contributed by atoms with E-state index in [4.69, 9.17) is 14.2 Å². The van der Waals surface area contributed by atoms with Crippen LogP contribution in [-0.4, -0.2) is 48.5 Å². The van der Waals surface area contributed by atoms with Crippen molar-refractivity contribution in [1.29, 1.82) is 0 Å². The normalized spacial score (nSPS) is 20.2. The van der Waals surface area contributed by atoms with Crippen molar-refractivity contribution in [3.05, 3.63) is 12.4 Å². The lowest BCUT2D eigenvalue weighted by atomic mass is 10.3. The predicted octanol–water partition coefficient (Wildman–Crippen LogP) is 1.48. The second-order valence-corrected chi connectivity index (χ2v) is 4.54.